The predicted molar refractivity (Wildman–Crippen MR) is 146 cm³/mol. The van der Waals surface area contributed by atoms with Crippen molar-refractivity contribution in [1.29, 1.82) is 0 Å². The first-order chi connectivity index (χ1) is 17.9. The van der Waals surface area contributed by atoms with Crippen molar-refractivity contribution in [2.24, 2.45) is 11.8 Å². The SMILES string of the molecule is Cc1cccc(F)c1C(=O)N1CCCC(C(=O)Nc2cccc(N3CCCC3C)c2)[C@@H]1C1C=CC=CC1. The lowest BCUT2D eigenvalue weighted by Crippen LogP contribution is -2.55. The smallest absolute Gasteiger partial charge is 0.257 e. The van der Waals surface area contributed by atoms with Crippen LogP contribution in [0.2, 0.25) is 0 Å². The van der Waals surface area contributed by atoms with E-state index in [9.17, 15) is 14.0 Å². The van der Waals surface area contributed by atoms with E-state index < -0.39 is 5.82 Å². The van der Waals surface area contributed by atoms with Crippen LogP contribution >= 0.6 is 0 Å². The van der Waals surface area contributed by atoms with Gasteiger partial charge in [0.2, 0.25) is 5.91 Å². The van der Waals surface area contributed by atoms with Crippen molar-refractivity contribution in [3.8, 4) is 0 Å². The molecule has 1 N–H and O–H groups in total. The molecule has 2 fully saturated rings. The number of carbonyl (C=O) groups excluding carboxylic acids is 2. The summed E-state index contributed by atoms with van der Waals surface area (Å²) in [6, 6.07) is 12.9. The maximum Gasteiger partial charge on any atom is 0.257 e. The Kier molecular flexibility index (Phi) is 7.45. The van der Waals surface area contributed by atoms with Crippen LogP contribution < -0.4 is 10.2 Å². The van der Waals surface area contributed by atoms with Crippen molar-refractivity contribution in [3.63, 3.8) is 0 Å². The van der Waals surface area contributed by atoms with Gasteiger partial charge in [-0.15, -0.1) is 0 Å². The minimum atomic E-state index is -0.512. The molecule has 2 saturated heterocycles. The summed E-state index contributed by atoms with van der Waals surface area (Å²) >= 11 is 0. The third kappa shape index (κ3) is 5.20. The number of halogens is 1. The highest BCUT2D eigenvalue weighted by Gasteiger charge is 2.43. The van der Waals surface area contributed by atoms with Crippen LogP contribution in [0.15, 0.2) is 66.8 Å². The lowest BCUT2D eigenvalue weighted by atomic mass is 9.77. The number of likely N-dealkylation sites (tertiary alicyclic amines) is 1. The molecule has 6 heteroatoms. The molecule has 0 saturated carbocycles. The number of amides is 2. The number of allylic oxidation sites excluding steroid dienone is 3. The third-order valence-electron chi connectivity index (χ3n) is 8.17. The molecule has 0 spiro atoms. The molecule has 37 heavy (non-hydrogen) atoms. The van der Waals surface area contributed by atoms with E-state index in [1.807, 2.05) is 30.4 Å². The van der Waals surface area contributed by atoms with Crippen LogP contribution in [0.3, 0.4) is 0 Å². The largest absolute Gasteiger partial charge is 0.369 e. The Morgan fingerprint density at radius 2 is 1.84 bits per heavy atom. The van der Waals surface area contributed by atoms with Crippen LogP contribution in [-0.4, -0.2) is 41.9 Å². The number of hydrogen-bond donors (Lipinski definition) is 1. The van der Waals surface area contributed by atoms with Gasteiger partial charge < -0.3 is 15.1 Å². The molecule has 0 bridgehead atoms. The Bertz CT molecular complexity index is 1200. The van der Waals surface area contributed by atoms with Gasteiger partial charge in [-0.2, -0.15) is 0 Å². The number of nitrogens with one attached hydrogen (secondary N) is 1. The van der Waals surface area contributed by atoms with Crippen molar-refractivity contribution in [2.75, 3.05) is 23.3 Å². The average Bonchev–Trinajstić information content (AvgIpc) is 3.34. The van der Waals surface area contributed by atoms with Crippen LogP contribution in [0, 0.1) is 24.6 Å². The first-order valence-corrected chi connectivity index (χ1v) is 13.5. The fraction of sp³-hybridized carbons (Fsp3) is 0.419. The summed E-state index contributed by atoms with van der Waals surface area (Å²) in [5, 5.41) is 3.16. The number of carbonyl (C=O) groups is 2. The number of hydrogen-bond acceptors (Lipinski definition) is 3. The van der Waals surface area contributed by atoms with Gasteiger partial charge in [-0.3, -0.25) is 9.59 Å². The number of aryl methyl sites for hydroxylation is 1. The number of piperidine rings is 1. The van der Waals surface area contributed by atoms with Gasteiger partial charge in [-0.25, -0.2) is 4.39 Å². The molecule has 2 aromatic rings. The number of rotatable bonds is 5. The fourth-order valence-electron chi connectivity index (χ4n) is 6.28. The zero-order valence-corrected chi connectivity index (χ0v) is 21.7. The molecule has 0 radical (unpaired) electrons. The van der Waals surface area contributed by atoms with E-state index in [1.165, 1.54) is 18.9 Å². The summed E-state index contributed by atoms with van der Waals surface area (Å²) in [5.41, 5.74) is 2.61. The van der Waals surface area contributed by atoms with Crippen LogP contribution in [0.25, 0.3) is 0 Å². The molecule has 2 heterocycles. The monoisotopic (exact) mass is 501 g/mol. The van der Waals surface area contributed by atoms with E-state index in [-0.39, 0.29) is 35.3 Å². The lowest BCUT2D eigenvalue weighted by Gasteiger charge is -2.44. The first-order valence-electron chi connectivity index (χ1n) is 13.5. The highest BCUT2D eigenvalue weighted by Crippen LogP contribution is 2.36. The Balaban J connectivity index is 1.42. The summed E-state index contributed by atoms with van der Waals surface area (Å²) in [6.07, 6.45) is 12.6. The van der Waals surface area contributed by atoms with E-state index in [0.29, 0.717) is 31.0 Å². The molecular formula is C31H36FN3O2. The molecule has 5 rings (SSSR count). The second kappa shape index (κ2) is 10.9. The number of benzene rings is 2. The Morgan fingerprint density at radius 1 is 1.03 bits per heavy atom. The van der Waals surface area contributed by atoms with Crippen molar-refractivity contribution in [3.05, 3.63) is 83.7 Å². The van der Waals surface area contributed by atoms with E-state index in [0.717, 1.165) is 24.3 Å². The zero-order valence-electron chi connectivity index (χ0n) is 21.7. The van der Waals surface area contributed by atoms with E-state index >= 15 is 0 Å². The minimum absolute atomic E-state index is 0.00568. The molecule has 2 aliphatic heterocycles. The Labute approximate surface area is 219 Å². The average molecular weight is 502 g/mol. The van der Waals surface area contributed by atoms with Gasteiger partial charge in [0.25, 0.3) is 5.91 Å². The van der Waals surface area contributed by atoms with E-state index in [2.05, 4.69) is 35.4 Å². The second-order valence-electron chi connectivity index (χ2n) is 10.6. The van der Waals surface area contributed by atoms with Gasteiger partial charge in [0.05, 0.1) is 17.5 Å². The lowest BCUT2D eigenvalue weighted by molar-refractivity contribution is -0.123. The summed E-state index contributed by atoms with van der Waals surface area (Å²) in [5.74, 6) is -1.31. The van der Waals surface area contributed by atoms with Crippen LogP contribution in [0.4, 0.5) is 15.8 Å². The maximum atomic E-state index is 14.8. The molecule has 3 unspecified atom stereocenters. The maximum absolute atomic E-state index is 14.8. The van der Waals surface area contributed by atoms with Gasteiger partial charge in [-0.1, -0.05) is 42.5 Å². The molecule has 5 nitrogen and oxygen atoms in total. The van der Waals surface area contributed by atoms with Crippen molar-refractivity contribution >= 4 is 23.2 Å². The standard InChI is InChI=1S/C31H36FN3O2/c1-21-10-6-17-27(32)28(21)31(37)35-19-9-16-26(29(35)23-12-4-3-5-13-23)30(36)33-24-14-7-15-25(20-24)34-18-8-11-22(34)2/h3-7,10,12,14-15,17,20,22-23,26,29H,8-9,11,13,16,18-19H2,1-2H3,(H,33,36)/t22?,23?,26?,29-/m0/s1. The van der Waals surface area contributed by atoms with Crippen LogP contribution in [-0.2, 0) is 4.79 Å². The molecule has 2 amide bonds. The topological polar surface area (TPSA) is 52.7 Å². The van der Waals surface area contributed by atoms with Gasteiger partial charge in [0.15, 0.2) is 0 Å². The van der Waals surface area contributed by atoms with Crippen molar-refractivity contribution in [1.82, 2.24) is 4.90 Å². The van der Waals surface area contributed by atoms with E-state index in [4.69, 9.17) is 0 Å². The summed E-state index contributed by atoms with van der Waals surface area (Å²) in [4.78, 5) is 31.7. The van der Waals surface area contributed by atoms with Crippen LogP contribution in [0.5, 0.6) is 0 Å². The number of anilines is 2. The number of nitrogens with zero attached hydrogens (tertiary/aromatic N) is 2. The van der Waals surface area contributed by atoms with E-state index in [1.54, 1.807) is 24.0 Å². The molecular weight excluding hydrogens is 465 g/mol. The van der Waals surface area contributed by atoms with Crippen molar-refractivity contribution < 1.29 is 14.0 Å². The van der Waals surface area contributed by atoms with Crippen molar-refractivity contribution in [2.45, 2.75) is 58.0 Å². The Morgan fingerprint density at radius 3 is 2.57 bits per heavy atom. The summed E-state index contributed by atoms with van der Waals surface area (Å²) < 4.78 is 14.8. The summed E-state index contributed by atoms with van der Waals surface area (Å²) in [6.45, 7) is 5.53. The van der Waals surface area contributed by atoms with Gasteiger partial charge in [0.1, 0.15) is 5.82 Å². The molecule has 0 aromatic heterocycles. The first kappa shape index (κ1) is 25.2. The highest BCUT2D eigenvalue weighted by molar-refractivity contribution is 5.98. The highest BCUT2D eigenvalue weighted by atomic mass is 19.1. The molecule has 1 aliphatic carbocycles. The predicted octanol–water partition coefficient (Wildman–Crippen LogP) is 6.11. The summed E-state index contributed by atoms with van der Waals surface area (Å²) in [7, 11) is 0. The van der Waals surface area contributed by atoms with Gasteiger partial charge >= 0.3 is 0 Å². The molecule has 194 valence electrons. The van der Waals surface area contributed by atoms with Gasteiger partial charge in [0, 0.05) is 36.4 Å². The zero-order chi connectivity index (χ0) is 25.9. The molecule has 3 aliphatic rings. The van der Waals surface area contributed by atoms with Crippen LogP contribution in [0.1, 0.15) is 54.9 Å². The fourth-order valence-corrected chi connectivity index (χ4v) is 6.28. The van der Waals surface area contributed by atoms with Gasteiger partial charge in [-0.05, 0) is 75.8 Å². The third-order valence-corrected chi connectivity index (χ3v) is 8.17. The quantitative estimate of drug-likeness (QED) is 0.538. The minimum Gasteiger partial charge on any atom is -0.369 e. The molecule has 2 aromatic carbocycles. The molecule has 4 atom stereocenters. The second-order valence-corrected chi connectivity index (χ2v) is 10.6. The normalized spacial score (nSPS) is 25.4. The Hall–Kier alpha value is -3.41.